The fourth-order valence-electron chi connectivity index (χ4n) is 1.01. The van der Waals surface area contributed by atoms with E-state index < -0.39 is 16.3 Å². The van der Waals surface area contributed by atoms with Crippen molar-refractivity contribution in [3.63, 3.8) is 0 Å². The first-order valence-corrected chi connectivity index (χ1v) is 5.94. The second kappa shape index (κ2) is 4.36. The number of hydrogen-bond acceptors (Lipinski definition) is 4. The number of nitrogens with two attached hydrogens (primary N) is 1. The van der Waals surface area contributed by atoms with Crippen LogP contribution in [0.5, 0.6) is 0 Å². The standard InChI is InChI=1S/C8H11ClN2O3S/c1-5(12)11-15(13,14)8-4-6(10)2-3-7(8)9/h2-5,11-12H,10H2,1H3. The first kappa shape index (κ1) is 12.3. The summed E-state index contributed by atoms with van der Waals surface area (Å²) in [6.45, 7) is 1.29. The van der Waals surface area contributed by atoms with Crippen LogP contribution < -0.4 is 10.5 Å². The monoisotopic (exact) mass is 250 g/mol. The smallest absolute Gasteiger partial charge is 0.244 e. The zero-order valence-corrected chi connectivity index (χ0v) is 9.51. The molecule has 1 unspecified atom stereocenters. The average molecular weight is 251 g/mol. The lowest BCUT2D eigenvalue weighted by molar-refractivity contribution is 0.184. The molecule has 7 heteroatoms. The van der Waals surface area contributed by atoms with E-state index >= 15 is 0 Å². The number of halogens is 1. The van der Waals surface area contributed by atoms with Crippen LogP contribution in [0.15, 0.2) is 23.1 Å². The van der Waals surface area contributed by atoms with Crippen molar-refractivity contribution < 1.29 is 13.5 Å². The lowest BCUT2D eigenvalue weighted by atomic mass is 10.3. The van der Waals surface area contributed by atoms with E-state index in [1.807, 2.05) is 4.72 Å². The molecule has 0 heterocycles. The molecule has 0 spiro atoms. The van der Waals surface area contributed by atoms with Gasteiger partial charge in [0, 0.05) is 5.69 Å². The van der Waals surface area contributed by atoms with E-state index in [2.05, 4.69) is 0 Å². The summed E-state index contributed by atoms with van der Waals surface area (Å²) in [5.41, 5.74) is 5.72. The van der Waals surface area contributed by atoms with Gasteiger partial charge in [-0.3, -0.25) is 0 Å². The summed E-state index contributed by atoms with van der Waals surface area (Å²) >= 11 is 5.71. The summed E-state index contributed by atoms with van der Waals surface area (Å²) < 4.78 is 25.2. The Morgan fingerprint density at radius 3 is 2.67 bits per heavy atom. The van der Waals surface area contributed by atoms with Gasteiger partial charge in [-0.25, -0.2) is 8.42 Å². The van der Waals surface area contributed by atoms with Crippen LogP contribution in [0.25, 0.3) is 0 Å². The van der Waals surface area contributed by atoms with Crippen molar-refractivity contribution in [3.8, 4) is 0 Å². The first-order chi connectivity index (χ1) is 6.83. The highest BCUT2D eigenvalue weighted by molar-refractivity contribution is 7.89. The van der Waals surface area contributed by atoms with Crippen LogP contribution in [0.4, 0.5) is 5.69 Å². The van der Waals surface area contributed by atoms with Gasteiger partial charge in [0.2, 0.25) is 10.0 Å². The average Bonchev–Trinajstić information content (AvgIpc) is 2.06. The van der Waals surface area contributed by atoms with Gasteiger partial charge in [-0.15, -0.1) is 0 Å². The Kier molecular flexibility index (Phi) is 3.56. The minimum absolute atomic E-state index is 0.0531. The molecular formula is C8H11ClN2O3S. The molecule has 4 N–H and O–H groups in total. The van der Waals surface area contributed by atoms with Gasteiger partial charge in [-0.2, -0.15) is 4.72 Å². The Hall–Kier alpha value is -0.820. The van der Waals surface area contributed by atoms with Crippen molar-refractivity contribution >= 4 is 27.3 Å². The quantitative estimate of drug-likeness (QED) is 0.539. The third-order valence-corrected chi connectivity index (χ3v) is 3.58. The number of rotatable bonds is 3. The molecule has 15 heavy (non-hydrogen) atoms. The number of aliphatic hydroxyl groups is 1. The van der Waals surface area contributed by atoms with Crippen LogP contribution >= 0.6 is 11.6 Å². The van der Waals surface area contributed by atoms with Crippen molar-refractivity contribution in [2.24, 2.45) is 0 Å². The summed E-state index contributed by atoms with van der Waals surface area (Å²) in [7, 11) is -3.82. The fourth-order valence-corrected chi connectivity index (χ4v) is 2.63. The molecule has 0 saturated heterocycles. The van der Waals surface area contributed by atoms with Crippen LogP contribution in [-0.4, -0.2) is 19.8 Å². The molecule has 0 aliphatic carbocycles. The lowest BCUT2D eigenvalue weighted by Gasteiger charge is -2.10. The number of nitrogens with one attached hydrogen (secondary N) is 1. The minimum Gasteiger partial charge on any atom is -0.399 e. The van der Waals surface area contributed by atoms with Crippen molar-refractivity contribution in [2.75, 3.05) is 5.73 Å². The second-order valence-electron chi connectivity index (χ2n) is 2.99. The van der Waals surface area contributed by atoms with Crippen LogP contribution in [0, 0.1) is 0 Å². The molecule has 1 rings (SSSR count). The highest BCUT2D eigenvalue weighted by Crippen LogP contribution is 2.23. The Bertz CT molecular complexity index is 459. The molecule has 0 saturated carbocycles. The van der Waals surface area contributed by atoms with E-state index in [0.29, 0.717) is 0 Å². The first-order valence-electron chi connectivity index (χ1n) is 4.08. The normalized spacial score (nSPS) is 13.8. The number of aliphatic hydroxyl groups excluding tert-OH is 1. The maximum absolute atomic E-state index is 11.6. The molecule has 0 radical (unpaired) electrons. The maximum atomic E-state index is 11.6. The van der Waals surface area contributed by atoms with E-state index in [4.69, 9.17) is 22.4 Å². The van der Waals surface area contributed by atoms with Crippen LogP contribution in [0.3, 0.4) is 0 Å². The molecular weight excluding hydrogens is 240 g/mol. The van der Waals surface area contributed by atoms with Crippen molar-refractivity contribution in [1.29, 1.82) is 0 Å². The number of hydrogen-bond donors (Lipinski definition) is 3. The number of sulfonamides is 1. The van der Waals surface area contributed by atoms with Crippen LogP contribution in [0.1, 0.15) is 6.92 Å². The van der Waals surface area contributed by atoms with Gasteiger partial charge in [-0.05, 0) is 25.1 Å². The summed E-state index contributed by atoms with van der Waals surface area (Å²) in [4.78, 5) is -0.148. The highest BCUT2D eigenvalue weighted by atomic mass is 35.5. The van der Waals surface area contributed by atoms with Gasteiger partial charge < -0.3 is 10.8 Å². The summed E-state index contributed by atoms with van der Waals surface area (Å²) in [6.07, 6.45) is -1.19. The molecule has 0 aromatic heterocycles. The van der Waals surface area contributed by atoms with Crippen molar-refractivity contribution in [3.05, 3.63) is 23.2 Å². The van der Waals surface area contributed by atoms with Gasteiger partial charge in [0.25, 0.3) is 0 Å². The van der Waals surface area contributed by atoms with Gasteiger partial charge in [0.1, 0.15) is 11.1 Å². The van der Waals surface area contributed by atoms with Crippen molar-refractivity contribution in [2.45, 2.75) is 18.0 Å². The molecule has 0 aliphatic heterocycles. The Balaban J connectivity index is 3.21. The van der Waals surface area contributed by atoms with Crippen molar-refractivity contribution in [1.82, 2.24) is 4.72 Å². The summed E-state index contributed by atoms with van der Waals surface area (Å²) in [5, 5.41) is 9.00. The zero-order valence-electron chi connectivity index (χ0n) is 7.94. The molecule has 0 amide bonds. The molecule has 1 aromatic rings. The zero-order chi connectivity index (χ0) is 11.6. The molecule has 0 fully saturated rings. The summed E-state index contributed by atoms with van der Waals surface area (Å²) in [5.74, 6) is 0. The van der Waals surface area contributed by atoms with E-state index in [0.717, 1.165) is 0 Å². The largest absolute Gasteiger partial charge is 0.399 e. The Morgan fingerprint density at radius 1 is 1.53 bits per heavy atom. The maximum Gasteiger partial charge on any atom is 0.244 e. The molecule has 0 bridgehead atoms. The van der Waals surface area contributed by atoms with E-state index in [1.165, 1.54) is 25.1 Å². The van der Waals surface area contributed by atoms with Crippen LogP contribution in [-0.2, 0) is 10.0 Å². The Morgan fingerprint density at radius 2 is 2.13 bits per heavy atom. The topological polar surface area (TPSA) is 92.4 Å². The molecule has 84 valence electrons. The van der Waals surface area contributed by atoms with E-state index in [9.17, 15) is 8.42 Å². The SMILES string of the molecule is CC(O)NS(=O)(=O)c1cc(N)ccc1Cl. The van der Waals surface area contributed by atoms with Gasteiger partial charge in [0.05, 0.1) is 5.02 Å². The number of anilines is 1. The fraction of sp³-hybridized carbons (Fsp3) is 0.250. The van der Waals surface area contributed by atoms with E-state index in [-0.39, 0.29) is 15.6 Å². The predicted molar refractivity (Wildman–Crippen MR) is 57.9 cm³/mol. The Labute approximate surface area is 92.9 Å². The molecule has 5 nitrogen and oxygen atoms in total. The predicted octanol–water partition coefficient (Wildman–Crippen LogP) is 0.539. The minimum atomic E-state index is -3.82. The summed E-state index contributed by atoms with van der Waals surface area (Å²) in [6, 6.07) is 4.10. The van der Waals surface area contributed by atoms with Gasteiger partial charge in [-0.1, -0.05) is 11.6 Å². The van der Waals surface area contributed by atoms with Crippen LogP contribution in [0.2, 0.25) is 5.02 Å². The third kappa shape index (κ3) is 3.07. The van der Waals surface area contributed by atoms with E-state index in [1.54, 1.807) is 0 Å². The number of benzene rings is 1. The lowest BCUT2D eigenvalue weighted by Crippen LogP contribution is -2.32. The molecule has 1 aromatic carbocycles. The third-order valence-electron chi connectivity index (χ3n) is 1.57. The highest BCUT2D eigenvalue weighted by Gasteiger charge is 2.19. The molecule has 1 atom stereocenters. The second-order valence-corrected chi connectivity index (χ2v) is 5.08. The van der Waals surface area contributed by atoms with Gasteiger partial charge in [0.15, 0.2) is 0 Å². The molecule has 0 aliphatic rings. The van der Waals surface area contributed by atoms with Gasteiger partial charge >= 0.3 is 0 Å². The number of nitrogen functional groups attached to an aromatic ring is 1.